The van der Waals surface area contributed by atoms with E-state index in [9.17, 15) is 24.3 Å². The fourth-order valence-electron chi connectivity index (χ4n) is 3.41. The fraction of sp³-hybridized carbons (Fsp3) is 0.407. The van der Waals surface area contributed by atoms with Gasteiger partial charge in [-0.1, -0.05) is 60.3 Å². The third-order valence-electron chi connectivity index (χ3n) is 5.08. The maximum Gasteiger partial charge on any atom is 0.329 e. The van der Waals surface area contributed by atoms with Gasteiger partial charge in [0, 0.05) is 24.8 Å². The minimum atomic E-state index is -1.21. The highest BCUT2D eigenvalue weighted by atomic mass is 32.2. The van der Waals surface area contributed by atoms with Crippen molar-refractivity contribution in [2.24, 2.45) is 5.92 Å². The molecule has 0 saturated carbocycles. The molecule has 194 valence electrons. The van der Waals surface area contributed by atoms with Gasteiger partial charge in [-0.2, -0.15) is 0 Å². The Morgan fingerprint density at radius 2 is 1.53 bits per heavy atom. The van der Waals surface area contributed by atoms with Crippen LogP contribution in [-0.4, -0.2) is 51.5 Å². The molecule has 0 saturated heterocycles. The van der Waals surface area contributed by atoms with Crippen LogP contribution in [0.4, 0.5) is 5.69 Å². The first-order chi connectivity index (χ1) is 16.9. The van der Waals surface area contributed by atoms with E-state index in [1.165, 1.54) is 6.92 Å². The average molecular weight is 515 g/mol. The number of para-hydroxylation sites is 1. The van der Waals surface area contributed by atoms with Crippen molar-refractivity contribution in [2.45, 2.75) is 58.2 Å². The molecule has 1 amide bonds. The number of carboxylic acids is 1. The van der Waals surface area contributed by atoms with Gasteiger partial charge in [0.25, 0.3) is 0 Å². The molecule has 0 aliphatic rings. The third kappa shape index (κ3) is 10.5. The summed E-state index contributed by atoms with van der Waals surface area (Å²) in [5.41, 5.74) is 0.642. The Morgan fingerprint density at radius 1 is 0.944 bits per heavy atom. The molecule has 2 rings (SSSR count). The lowest BCUT2D eigenvalue weighted by atomic mass is 9.99. The number of anilines is 1. The summed E-state index contributed by atoms with van der Waals surface area (Å²) in [4.78, 5) is 50.0. The number of hydrogen-bond acceptors (Lipinski definition) is 7. The number of nitrogens with one attached hydrogen (secondary N) is 2. The molecule has 0 aliphatic heterocycles. The van der Waals surface area contributed by atoms with Crippen LogP contribution in [0.25, 0.3) is 0 Å². The molecule has 2 aromatic carbocycles. The molecule has 0 radical (unpaired) electrons. The Bertz CT molecular complexity index is 1020. The number of carbonyl (C=O) groups is 4. The van der Waals surface area contributed by atoms with Crippen LogP contribution in [0.1, 0.15) is 39.7 Å². The maximum atomic E-state index is 13.3. The van der Waals surface area contributed by atoms with E-state index in [1.807, 2.05) is 30.3 Å². The van der Waals surface area contributed by atoms with Crippen molar-refractivity contribution in [3.8, 4) is 0 Å². The van der Waals surface area contributed by atoms with Gasteiger partial charge >= 0.3 is 11.9 Å². The predicted octanol–water partition coefficient (Wildman–Crippen LogP) is 3.91. The summed E-state index contributed by atoms with van der Waals surface area (Å²) in [6.45, 7) is 6.52. The van der Waals surface area contributed by atoms with Gasteiger partial charge in [0.15, 0.2) is 5.12 Å². The number of amides is 1. The van der Waals surface area contributed by atoms with Crippen LogP contribution < -0.4 is 10.6 Å². The fourth-order valence-corrected chi connectivity index (χ4v) is 4.12. The highest BCUT2D eigenvalue weighted by molar-refractivity contribution is 8.13. The standard InChI is InChI=1S/C27H34N2O6S/c1-18(30)36-17-20(15-19-11-7-5-8-12-19)24(31)29-23(26(34)35-27(2,3)4)16-22(25(32)33)28-21-13-9-6-10-14-21/h5-14,20,22-23,28H,15-17H2,1-4H3,(H,29,31)(H,32,33)/t20?,22?,23-/m0/s1. The number of ether oxygens (including phenoxy) is 1. The Kier molecular flexibility index (Phi) is 11.0. The maximum absolute atomic E-state index is 13.3. The summed E-state index contributed by atoms with van der Waals surface area (Å²) in [5, 5.41) is 15.3. The van der Waals surface area contributed by atoms with E-state index in [-0.39, 0.29) is 17.3 Å². The molecule has 0 aromatic heterocycles. The van der Waals surface area contributed by atoms with Gasteiger partial charge in [-0.15, -0.1) is 0 Å². The predicted molar refractivity (Wildman–Crippen MR) is 141 cm³/mol. The van der Waals surface area contributed by atoms with E-state index in [0.717, 1.165) is 17.3 Å². The van der Waals surface area contributed by atoms with Crippen molar-refractivity contribution in [2.75, 3.05) is 11.1 Å². The zero-order valence-corrected chi connectivity index (χ0v) is 21.8. The van der Waals surface area contributed by atoms with E-state index in [2.05, 4.69) is 10.6 Å². The van der Waals surface area contributed by atoms with Gasteiger partial charge in [0.1, 0.15) is 17.7 Å². The molecular formula is C27H34N2O6S. The average Bonchev–Trinajstić information content (AvgIpc) is 2.80. The van der Waals surface area contributed by atoms with Crippen molar-refractivity contribution >= 4 is 40.4 Å². The summed E-state index contributed by atoms with van der Waals surface area (Å²) in [6, 6.07) is 15.7. The third-order valence-corrected chi connectivity index (χ3v) is 6.05. The topological polar surface area (TPSA) is 122 Å². The second kappa shape index (κ2) is 13.7. The van der Waals surface area contributed by atoms with Crippen molar-refractivity contribution in [3.05, 3.63) is 66.2 Å². The summed E-state index contributed by atoms with van der Waals surface area (Å²) < 4.78 is 5.49. The number of thioether (sulfide) groups is 1. The first-order valence-corrected chi connectivity index (χ1v) is 12.7. The summed E-state index contributed by atoms with van der Waals surface area (Å²) in [6.07, 6.45) is 0.126. The molecule has 36 heavy (non-hydrogen) atoms. The van der Waals surface area contributed by atoms with E-state index in [0.29, 0.717) is 12.1 Å². The van der Waals surface area contributed by atoms with Gasteiger partial charge < -0.3 is 20.5 Å². The van der Waals surface area contributed by atoms with Gasteiger partial charge in [-0.3, -0.25) is 9.59 Å². The number of hydrogen-bond donors (Lipinski definition) is 3. The summed E-state index contributed by atoms with van der Waals surface area (Å²) >= 11 is 1.03. The number of carboxylic acid groups (broad SMARTS) is 1. The Labute approximate surface area is 216 Å². The van der Waals surface area contributed by atoms with Crippen LogP contribution in [0.3, 0.4) is 0 Å². The Morgan fingerprint density at radius 3 is 2.06 bits per heavy atom. The zero-order chi connectivity index (χ0) is 26.7. The summed E-state index contributed by atoms with van der Waals surface area (Å²) in [7, 11) is 0. The Hall–Kier alpha value is -3.33. The molecule has 0 spiro atoms. The molecule has 8 nitrogen and oxygen atoms in total. The molecule has 0 aliphatic carbocycles. The van der Waals surface area contributed by atoms with E-state index >= 15 is 0 Å². The molecule has 2 unspecified atom stereocenters. The van der Waals surface area contributed by atoms with Crippen molar-refractivity contribution in [1.29, 1.82) is 0 Å². The zero-order valence-electron chi connectivity index (χ0n) is 21.0. The van der Waals surface area contributed by atoms with E-state index < -0.39 is 41.4 Å². The van der Waals surface area contributed by atoms with Crippen LogP contribution in [0, 0.1) is 5.92 Å². The first-order valence-electron chi connectivity index (χ1n) is 11.7. The van der Waals surface area contributed by atoms with Crippen molar-refractivity contribution in [3.63, 3.8) is 0 Å². The molecule has 0 bridgehead atoms. The van der Waals surface area contributed by atoms with Crippen LogP contribution in [-0.2, 0) is 30.3 Å². The number of esters is 1. The smallest absolute Gasteiger partial charge is 0.329 e. The second-order valence-corrected chi connectivity index (χ2v) is 10.6. The quantitative estimate of drug-likeness (QED) is 0.365. The molecular weight excluding hydrogens is 480 g/mol. The van der Waals surface area contributed by atoms with Gasteiger partial charge in [0.05, 0.1) is 5.92 Å². The highest BCUT2D eigenvalue weighted by Crippen LogP contribution is 2.19. The molecule has 0 fully saturated rings. The minimum Gasteiger partial charge on any atom is -0.480 e. The van der Waals surface area contributed by atoms with Crippen LogP contribution in [0.2, 0.25) is 0 Å². The van der Waals surface area contributed by atoms with E-state index in [4.69, 9.17) is 4.74 Å². The largest absolute Gasteiger partial charge is 0.480 e. The normalized spacial score (nSPS) is 13.7. The number of aliphatic carboxylic acids is 1. The molecule has 2 aromatic rings. The number of carbonyl (C=O) groups excluding carboxylic acids is 3. The van der Waals surface area contributed by atoms with Gasteiger partial charge in [0.2, 0.25) is 5.91 Å². The molecule has 3 atom stereocenters. The number of rotatable bonds is 12. The van der Waals surface area contributed by atoms with Crippen molar-refractivity contribution < 1.29 is 29.0 Å². The molecule has 9 heteroatoms. The van der Waals surface area contributed by atoms with Crippen molar-refractivity contribution in [1.82, 2.24) is 5.32 Å². The van der Waals surface area contributed by atoms with E-state index in [1.54, 1.807) is 51.1 Å². The first kappa shape index (κ1) is 28.9. The Balaban J connectivity index is 2.26. The number of benzene rings is 2. The van der Waals surface area contributed by atoms with Gasteiger partial charge in [-0.05, 0) is 44.9 Å². The lowest BCUT2D eigenvalue weighted by Crippen LogP contribution is -2.50. The SMILES string of the molecule is CC(=O)SCC(Cc1ccccc1)C(=O)N[C@@H](CC(Nc1ccccc1)C(=O)O)C(=O)OC(C)(C)C. The highest BCUT2D eigenvalue weighted by Gasteiger charge is 2.33. The molecule has 3 N–H and O–H groups in total. The summed E-state index contributed by atoms with van der Waals surface area (Å²) in [5.74, 6) is -2.74. The van der Waals surface area contributed by atoms with Crippen LogP contribution in [0.5, 0.6) is 0 Å². The second-order valence-electron chi connectivity index (χ2n) is 9.42. The minimum absolute atomic E-state index is 0.123. The lowest BCUT2D eigenvalue weighted by molar-refractivity contribution is -0.159. The van der Waals surface area contributed by atoms with Gasteiger partial charge in [-0.25, -0.2) is 9.59 Å². The molecule has 0 heterocycles. The lowest BCUT2D eigenvalue weighted by Gasteiger charge is -2.28. The van der Waals surface area contributed by atoms with Crippen LogP contribution in [0.15, 0.2) is 60.7 Å². The monoisotopic (exact) mass is 514 g/mol. The van der Waals surface area contributed by atoms with Crippen LogP contribution >= 0.6 is 11.8 Å².